The number of carbonyl (C=O) groups is 1. The lowest BCUT2D eigenvalue weighted by Crippen LogP contribution is -2.36. The third kappa shape index (κ3) is 3.50. The number of nitrogens with zero attached hydrogens (tertiary/aromatic N) is 1. The highest BCUT2D eigenvalue weighted by Gasteiger charge is 2.31. The Kier molecular flexibility index (Phi) is 5.16. The quantitative estimate of drug-likeness (QED) is 0.853. The molecule has 23 heavy (non-hydrogen) atoms. The number of hydrogen-bond acceptors (Lipinski definition) is 4. The first kappa shape index (κ1) is 16.6. The number of ether oxygens (including phenoxy) is 2. The molecular weight excluding hydrogens is 384 g/mol. The van der Waals surface area contributed by atoms with Gasteiger partial charge in [0, 0.05) is 29.5 Å². The number of halogens is 2. The zero-order chi connectivity index (χ0) is 16.4. The Bertz CT molecular complexity index is 735. The molecule has 1 aromatic heterocycles. The van der Waals surface area contributed by atoms with E-state index in [-0.39, 0.29) is 11.8 Å². The van der Waals surface area contributed by atoms with Gasteiger partial charge in [-0.2, -0.15) is 0 Å². The first-order valence-corrected chi connectivity index (χ1v) is 8.43. The summed E-state index contributed by atoms with van der Waals surface area (Å²) in [6, 6.07) is 7.20. The highest BCUT2D eigenvalue weighted by Crippen LogP contribution is 2.30. The average Bonchev–Trinajstić information content (AvgIpc) is 3.06. The summed E-state index contributed by atoms with van der Waals surface area (Å²) in [6.45, 7) is 1.20. The molecule has 122 valence electrons. The molecule has 5 nitrogen and oxygen atoms in total. The lowest BCUT2D eigenvalue weighted by Gasteiger charge is -2.20. The van der Waals surface area contributed by atoms with Gasteiger partial charge in [-0.3, -0.25) is 4.79 Å². The number of nitrogens with one attached hydrogen (secondary N) is 1. The van der Waals surface area contributed by atoms with Gasteiger partial charge in [-0.1, -0.05) is 11.6 Å². The molecule has 2 unspecified atom stereocenters. The zero-order valence-corrected chi connectivity index (χ0v) is 14.9. The van der Waals surface area contributed by atoms with Crippen LogP contribution in [0.4, 0.5) is 5.82 Å². The molecule has 1 amide bonds. The summed E-state index contributed by atoms with van der Waals surface area (Å²) in [5.74, 6) is 0.320. The van der Waals surface area contributed by atoms with Gasteiger partial charge >= 0.3 is 0 Å². The monoisotopic (exact) mass is 398 g/mol. The van der Waals surface area contributed by atoms with Gasteiger partial charge in [0.05, 0.1) is 17.1 Å². The predicted octanol–water partition coefficient (Wildman–Crippen LogP) is 3.64. The second-order valence-corrected chi connectivity index (χ2v) is 6.65. The van der Waals surface area contributed by atoms with E-state index in [1.807, 2.05) is 12.1 Å². The normalized spacial score (nSPS) is 19.0. The highest BCUT2D eigenvalue weighted by atomic mass is 79.9. The molecule has 0 bridgehead atoms. The summed E-state index contributed by atoms with van der Waals surface area (Å²) in [6.07, 6.45) is 0.274. The maximum atomic E-state index is 12.4. The predicted molar refractivity (Wildman–Crippen MR) is 92.8 cm³/mol. The fourth-order valence-corrected chi connectivity index (χ4v) is 3.37. The van der Waals surface area contributed by atoms with Crippen LogP contribution in [0.25, 0.3) is 10.9 Å². The van der Waals surface area contributed by atoms with Crippen molar-refractivity contribution in [2.75, 3.05) is 25.6 Å². The molecule has 0 aliphatic carbocycles. The number of hydrogen-bond donors (Lipinski definition) is 1. The molecule has 1 saturated heterocycles. The van der Waals surface area contributed by atoms with E-state index < -0.39 is 6.10 Å². The van der Waals surface area contributed by atoms with Gasteiger partial charge in [-0.15, -0.1) is 0 Å². The average molecular weight is 400 g/mol. The van der Waals surface area contributed by atoms with Gasteiger partial charge < -0.3 is 14.8 Å². The third-order valence-electron chi connectivity index (χ3n) is 3.91. The Morgan fingerprint density at radius 2 is 2.30 bits per heavy atom. The minimum Gasteiger partial charge on any atom is -0.381 e. The van der Waals surface area contributed by atoms with Crippen molar-refractivity contribution < 1.29 is 14.3 Å². The molecule has 7 heteroatoms. The van der Waals surface area contributed by atoms with E-state index >= 15 is 0 Å². The van der Waals surface area contributed by atoms with Crippen LogP contribution in [0.1, 0.15) is 6.42 Å². The SMILES string of the molecule is COC(C(=O)Nc1ccc2c(Cl)ccc(Br)c2n1)C1CCOC1. The van der Waals surface area contributed by atoms with Gasteiger partial charge in [0.25, 0.3) is 5.91 Å². The van der Waals surface area contributed by atoms with Crippen molar-refractivity contribution in [3.8, 4) is 0 Å². The summed E-state index contributed by atoms with van der Waals surface area (Å²) in [7, 11) is 1.53. The van der Waals surface area contributed by atoms with Gasteiger partial charge in [-0.25, -0.2) is 4.98 Å². The van der Waals surface area contributed by atoms with Crippen LogP contribution in [0.3, 0.4) is 0 Å². The molecule has 1 N–H and O–H groups in total. The lowest BCUT2D eigenvalue weighted by atomic mass is 10.0. The molecule has 2 aromatic rings. The standard InChI is InChI=1S/C16H16BrClN2O3/c1-22-15(9-6-7-23-8-9)16(21)20-13-5-2-10-12(18)4-3-11(17)14(10)19-13/h2-5,9,15H,6-8H2,1H3,(H,19,20,21). The van der Waals surface area contributed by atoms with Crippen molar-refractivity contribution in [3.63, 3.8) is 0 Å². The largest absolute Gasteiger partial charge is 0.381 e. The molecule has 0 radical (unpaired) electrons. The van der Waals surface area contributed by atoms with E-state index in [9.17, 15) is 4.79 Å². The smallest absolute Gasteiger partial charge is 0.255 e. The van der Waals surface area contributed by atoms with Crippen LogP contribution >= 0.6 is 27.5 Å². The number of pyridine rings is 1. The van der Waals surface area contributed by atoms with Crippen LogP contribution in [0.15, 0.2) is 28.7 Å². The van der Waals surface area contributed by atoms with Crippen LogP contribution in [0.2, 0.25) is 5.02 Å². The Labute approximate surface area is 147 Å². The van der Waals surface area contributed by atoms with Crippen LogP contribution < -0.4 is 5.32 Å². The van der Waals surface area contributed by atoms with Crippen molar-refractivity contribution in [1.82, 2.24) is 4.98 Å². The first-order chi connectivity index (χ1) is 11.1. The van der Waals surface area contributed by atoms with E-state index in [1.165, 1.54) is 7.11 Å². The fraction of sp³-hybridized carbons (Fsp3) is 0.375. The summed E-state index contributed by atoms with van der Waals surface area (Å²) in [4.78, 5) is 16.9. The number of aromatic nitrogens is 1. The van der Waals surface area contributed by atoms with Crippen LogP contribution in [0.5, 0.6) is 0 Å². The van der Waals surface area contributed by atoms with Crippen molar-refractivity contribution in [2.45, 2.75) is 12.5 Å². The lowest BCUT2D eigenvalue weighted by molar-refractivity contribution is -0.128. The summed E-state index contributed by atoms with van der Waals surface area (Å²) in [5.41, 5.74) is 0.702. The summed E-state index contributed by atoms with van der Waals surface area (Å²) in [5, 5.41) is 4.26. The molecule has 2 atom stereocenters. The number of methoxy groups -OCH3 is 1. The van der Waals surface area contributed by atoms with E-state index in [0.29, 0.717) is 29.6 Å². The second kappa shape index (κ2) is 7.13. The minimum atomic E-state index is -0.544. The molecule has 1 fully saturated rings. The maximum Gasteiger partial charge on any atom is 0.255 e. The third-order valence-corrected chi connectivity index (χ3v) is 4.88. The summed E-state index contributed by atoms with van der Waals surface area (Å²) < 4.78 is 11.5. The van der Waals surface area contributed by atoms with E-state index in [0.717, 1.165) is 16.3 Å². The Hall–Kier alpha value is -1.21. The molecule has 0 saturated carbocycles. The molecule has 1 aromatic carbocycles. The molecule has 1 aliphatic heterocycles. The Balaban J connectivity index is 1.83. The van der Waals surface area contributed by atoms with Crippen molar-refractivity contribution in [3.05, 3.63) is 33.8 Å². The van der Waals surface area contributed by atoms with Gasteiger partial charge in [0.15, 0.2) is 0 Å². The van der Waals surface area contributed by atoms with E-state index in [1.54, 1.807) is 12.1 Å². The van der Waals surface area contributed by atoms with Crippen LogP contribution in [-0.2, 0) is 14.3 Å². The van der Waals surface area contributed by atoms with Gasteiger partial charge in [-0.05, 0) is 46.6 Å². The van der Waals surface area contributed by atoms with Crippen molar-refractivity contribution in [2.24, 2.45) is 5.92 Å². The fourth-order valence-electron chi connectivity index (χ4n) is 2.72. The van der Waals surface area contributed by atoms with Gasteiger partial charge in [0.2, 0.25) is 0 Å². The zero-order valence-electron chi connectivity index (χ0n) is 12.5. The Morgan fingerprint density at radius 3 is 3.00 bits per heavy atom. The molecular formula is C16H16BrClN2O3. The number of carbonyl (C=O) groups excluding carboxylic acids is 1. The number of fused-ring (bicyclic) bond motifs is 1. The van der Waals surface area contributed by atoms with E-state index in [4.69, 9.17) is 21.1 Å². The van der Waals surface area contributed by atoms with Gasteiger partial charge in [0.1, 0.15) is 11.9 Å². The number of anilines is 1. The topological polar surface area (TPSA) is 60.5 Å². The number of benzene rings is 1. The second-order valence-electron chi connectivity index (χ2n) is 5.39. The summed E-state index contributed by atoms with van der Waals surface area (Å²) >= 11 is 9.62. The van der Waals surface area contributed by atoms with Crippen LogP contribution in [0, 0.1) is 5.92 Å². The van der Waals surface area contributed by atoms with Crippen molar-refractivity contribution in [1.29, 1.82) is 0 Å². The maximum absolute atomic E-state index is 12.4. The van der Waals surface area contributed by atoms with Crippen LogP contribution in [-0.4, -0.2) is 37.3 Å². The number of rotatable bonds is 4. The molecule has 3 rings (SSSR count). The Morgan fingerprint density at radius 1 is 1.48 bits per heavy atom. The molecule has 2 heterocycles. The van der Waals surface area contributed by atoms with E-state index in [2.05, 4.69) is 26.2 Å². The molecule has 1 aliphatic rings. The minimum absolute atomic E-state index is 0.0710. The highest BCUT2D eigenvalue weighted by molar-refractivity contribution is 9.10. The number of amides is 1. The first-order valence-electron chi connectivity index (χ1n) is 7.26. The molecule has 0 spiro atoms. The van der Waals surface area contributed by atoms with Crippen molar-refractivity contribution >= 4 is 50.2 Å².